The van der Waals surface area contributed by atoms with E-state index in [0.29, 0.717) is 11.8 Å². The molecule has 0 amide bonds. The van der Waals surface area contributed by atoms with E-state index in [1.165, 1.54) is 33.4 Å². The van der Waals surface area contributed by atoms with Crippen LogP contribution in [0.25, 0.3) is 0 Å². The van der Waals surface area contributed by atoms with Gasteiger partial charge < -0.3 is 14.9 Å². The standard InChI is InChI=1S/2C9H13.2CH3.H2Si.Zr/c2*1-6-5-7(2)9(4)8(6)3;;;;/h2*6H,1-4H3;2*1H3;1H2;/q4*-1;;. The van der Waals surface area contributed by atoms with Crippen LogP contribution in [0.15, 0.2) is 33.4 Å². The van der Waals surface area contributed by atoms with Crippen LogP contribution in [0.3, 0.4) is 0 Å². The van der Waals surface area contributed by atoms with Gasteiger partial charge in [0.2, 0.25) is 0 Å². The molecule has 0 fully saturated rings. The van der Waals surface area contributed by atoms with Crippen LogP contribution in [-0.2, 0) is 23.3 Å². The molecule has 2 heteroatoms. The third kappa shape index (κ3) is 7.09. The SMILES string of the molecule is CC1=[C-]C(C)C(C)=C1C.CC1=[C-]C(C)C(C)=C1C.[CH3-].[CH3-].[SiH2]=[Zr]. The van der Waals surface area contributed by atoms with Gasteiger partial charge in [-0.25, -0.2) is 11.1 Å². The van der Waals surface area contributed by atoms with Crippen molar-refractivity contribution in [3.63, 3.8) is 0 Å². The van der Waals surface area contributed by atoms with Gasteiger partial charge in [-0.15, -0.1) is 13.8 Å². The zero-order valence-electron chi connectivity index (χ0n) is 16.4. The molecule has 0 spiro atoms. The van der Waals surface area contributed by atoms with Crippen molar-refractivity contribution in [3.8, 4) is 0 Å². The molecule has 0 saturated heterocycles. The summed E-state index contributed by atoms with van der Waals surface area (Å²) in [5, 5.41) is 0. The molecular formula is C20H34SiZr-4. The monoisotopic (exact) mass is 392 g/mol. The van der Waals surface area contributed by atoms with E-state index in [1.807, 2.05) is 6.88 Å². The maximum atomic E-state index is 3.36. The molecule has 0 saturated carbocycles. The molecule has 0 bridgehead atoms. The molecule has 0 N–H and O–H groups in total. The Kier molecular flexibility index (Phi) is 15.3. The first-order chi connectivity index (χ1) is 9.25. The van der Waals surface area contributed by atoms with Gasteiger partial charge in [0.1, 0.15) is 0 Å². The van der Waals surface area contributed by atoms with Crippen LogP contribution in [0.4, 0.5) is 0 Å². The first kappa shape index (κ1) is 26.9. The Hall–Kier alpha value is 0.0600. The van der Waals surface area contributed by atoms with Crippen molar-refractivity contribution in [1.82, 2.24) is 0 Å². The third-order valence-corrected chi connectivity index (χ3v) is 4.47. The van der Waals surface area contributed by atoms with Gasteiger partial charge in [-0.3, -0.25) is 12.2 Å². The van der Waals surface area contributed by atoms with E-state index >= 15 is 0 Å². The molecule has 0 nitrogen and oxygen atoms in total. The Labute approximate surface area is 157 Å². The van der Waals surface area contributed by atoms with E-state index in [9.17, 15) is 0 Å². The van der Waals surface area contributed by atoms with E-state index < -0.39 is 0 Å². The van der Waals surface area contributed by atoms with Gasteiger partial charge in [0.25, 0.3) is 0 Å². The summed E-state index contributed by atoms with van der Waals surface area (Å²) in [5.41, 5.74) is 8.49. The average Bonchev–Trinajstić information content (AvgIpc) is 2.78. The maximum absolute atomic E-state index is 3.36. The normalized spacial score (nSPS) is 22.3. The summed E-state index contributed by atoms with van der Waals surface area (Å²) in [6.45, 7) is 19.3. The molecule has 22 heavy (non-hydrogen) atoms. The molecule has 2 aliphatic rings. The van der Waals surface area contributed by atoms with Crippen LogP contribution in [-0.4, -0.2) is 6.88 Å². The summed E-state index contributed by atoms with van der Waals surface area (Å²) in [4.78, 5) is 0. The van der Waals surface area contributed by atoms with Crippen LogP contribution >= 0.6 is 0 Å². The number of rotatable bonds is 0. The molecule has 0 aromatic carbocycles. The summed E-state index contributed by atoms with van der Waals surface area (Å²) in [6.07, 6.45) is 6.72. The van der Waals surface area contributed by atoms with Crippen molar-refractivity contribution in [1.29, 1.82) is 0 Å². The van der Waals surface area contributed by atoms with Crippen LogP contribution in [0.1, 0.15) is 55.4 Å². The van der Waals surface area contributed by atoms with Gasteiger partial charge >= 0.3 is 30.2 Å². The number of hydrogen-bond acceptors (Lipinski definition) is 0. The Morgan fingerprint density at radius 2 is 0.909 bits per heavy atom. The summed E-state index contributed by atoms with van der Waals surface area (Å²) in [6, 6.07) is 0. The van der Waals surface area contributed by atoms with Gasteiger partial charge in [-0.1, -0.05) is 53.4 Å². The van der Waals surface area contributed by atoms with E-state index in [2.05, 4.69) is 67.5 Å². The van der Waals surface area contributed by atoms with Crippen molar-refractivity contribution in [2.45, 2.75) is 55.4 Å². The molecule has 0 heterocycles. The molecule has 2 atom stereocenters. The van der Waals surface area contributed by atoms with E-state index in [-0.39, 0.29) is 14.9 Å². The molecular weight excluding hydrogens is 360 g/mol. The fraction of sp³-hybridized carbons (Fsp3) is 0.500. The summed E-state index contributed by atoms with van der Waals surface area (Å²) in [7, 11) is 0. The molecule has 0 aromatic rings. The van der Waals surface area contributed by atoms with Crippen molar-refractivity contribution in [2.75, 3.05) is 0 Å². The Bertz CT molecular complexity index is 434. The Morgan fingerprint density at radius 1 is 0.682 bits per heavy atom. The van der Waals surface area contributed by atoms with Crippen molar-refractivity contribution >= 4 is 6.88 Å². The first-order valence-electron chi connectivity index (χ1n) is 7.16. The molecule has 2 unspecified atom stereocenters. The van der Waals surface area contributed by atoms with E-state index in [1.54, 1.807) is 23.3 Å². The second kappa shape index (κ2) is 12.5. The topological polar surface area (TPSA) is 0 Å². The molecule has 2 rings (SSSR count). The predicted molar refractivity (Wildman–Crippen MR) is 101 cm³/mol. The van der Waals surface area contributed by atoms with Gasteiger partial charge in [0, 0.05) is 0 Å². The van der Waals surface area contributed by atoms with E-state index in [0.717, 1.165) is 0 Å². The fourth-order valence-corrected chi connectivity index (χ4v) is 2.32. The zero-order valence-corrected chi connectivity index (χ0v) is 20.2. The van der Waals surface area contributed by atoms with Crippen LogP contribution < -0.4 is 0 Å². The molecule has 126 valence electrons. The predicted octanol–water partition coefficient (Wildman–Crippen LogP) is 5.43. The summed E-state index contributed by atoms with van der Waals surface area (Å²) >= 11 is 1.58. The Morgan fingerprint density at radius 3 is 0.955 bits per heavy atom. The van der Waals surface area contributed by atoms with Gasteiger partial charge in [-0.2, -0.15) is 22.3 Å². The van der Waals surface area contributed by atoms with Crippen LogP contribution in [0.2, 0.25) is 0 Å². The first-order valence-corrected chi connectivity index (χ1v) is 13.1. The third-order valence-electron chi connectivity index (χ3n) is 4.47. The molecule has 0 radical (unpaired) electrons. The minimum atomic E-state index is 0. The average molecular weight is 394 g/mol. The van der Waals surface area contributed by atoms with Crippen molar-refractivity contribution in [3.05, 3.63) is 60.4 Å². The summed E-state index contributed by atoms with van der Waals surface area (Å²) in [5.74, 6) is 1.12. The molecule has 2 aliphatic carbocycles. The van der Waals surface area contributed by atoms with Gasteiger partial charge in [0.05, 0.1) is 0 Å². The fourth-order valence-electron chi connectivity index (χ4n) is 2.32. The quantitative estimate of drug-likeness (QED) is 0.380. The van der Waals surface area contributed by atoms with Crippen molar-refractivity contribution < 1.29 is 23.3 Å². The van der Waals surface area contributed by atoms with Crippen LogP contribution in [0, 0.1) is 38.8 Å². The molecule has 0 aliphatic heterocycles. The van der Waals surface area contributed by atoms with E-state index in [4.69, 9.17) is 0 Å². The Balaban J connectivity index is -0.000000273. The summed E-state index contributed by atoms with van der Waals surface area (Å²) < 4.78 is 0. The van der Waals surface area contributed by atoms with Crippen LogP contribution in [0.5, 0.6) is 0 Å². The van der Waals surface area contributed by atoms with Gasteiger partial charge in [-0.05, 0) is 0 Å². The second-order valence-corrected chi connectivity index (χ2v) is 5.60. The minimum absolute atomic E-state index is 0. The second-order valence-electron chi connectivity index (χ2n) is 5.60. The molecule has 0 aromatic heterocycles. The number of allylic oxidation sites excluding steroid dienone is 8. The van der Waals surface area contributed by atoms with Crippen molar-refractivity contribution in [2.24, 2.45) is 11.8 Å². The van der Waals surface area contributed by atoms with Gasteiger partial charge in [0.15, 0.2) is 0 Å². The number of hydrogen-bond donors (Lipinski definition) is 0. The zero-order chi connectivity index (χ0) is 16.0.